The summed E-state index contributed by atoms with van der Waals surface area (Å²) in [6.07, 6.45) is 5.80. The summed E-state index contributed by atoms with van der Waals surface area (Å²) in [6.45, 7) is 4.73. The minimum Gasteiger partial charge on any atom is -0.378 e. The van der Waals surface area contributed by atoms with Gasteiger partial charge in [-0.1, -0.05) is 30.3 Å². The summed E-state index contributed by atoms with van der Waals surface area (Å²) >= 11 is 5.18. The van der Waals surface area contributed by atoms with Crippen LogP contribution in [0, 0.1) is 11.7 Å². The third kappa shape index (κ3) is 4.28. The van der Waals surface area contributed by atoms with Crippen molar-refractivity contribution in [3.8, 4) is 0 Å². The first-order chi connectivity index (χ1) is 14.1. The van der Waals surface area contributed by atoms with E-state index in [0.29, 0.717) is 18.9 Å². The second kappa shape index (κ2) is 8.67. The molecule has 1 aromatic heterocycles. The number of aryl methyl sites for hydroxylation is 1. The molecule has 1 fully saturated rings. The van der Waals surface area contributed by atoms with Crippen LogP contribution >= 0.6 is 12.2 Å². The molecule has 1 aliphatic heterocycles. The van der Waals surface area contributed by atoms with Crippen molar-refractivity contribution >= 4 is 24.5 Å². The molecule has 2 heterocycles. The predicted octanol–water partition coefficient (Wildman–Crippen LogP) is 2.91. The highest BCUT2D eigenvalue weighted by Gasteiger charge is 2.25. The second-order valence-corrected chi connectivity index (χ2v) is 7.42. The number of H-pyrrole nitrogens is 1. The summed E-state index contributed by atoms with van der Waals surface area (Å²) in [5.74, 6) is 0. The Morgan fingerprint density at radius 1 is 1.21 bits per heavy atom. The minimum atomic E-state index is -0.309. The third-order valence-electron chi connectivity index (χ3n) is 5.08. The molecule has 2 aromatic rings. The molecule has 1 N–H and O–H groups in total. The van der Waals surface area contributed by atoms with Gasteiger partial charge in [-0.05, 0) is 54.8 Å². The normalized spacial score (nSPS) is 18.9. The van der Waals surface area contributed by atoms with Crippen molar-refractivity contribution in [1.82, 2.24) is 19.8 Å². The molecule has 0 radical (unpaired) electrons. The fourth-order valence-electron chi connectivity index (χ4n) is 3.63. The summed E-state index contributed by atoms with van der Waals surface area (Å²) in [6, 6.07) is 10.3. The van der Waals surface area contributed by atoms with Crippen LogP contribution in [0.25, 0.3) is 6.08 Å². The molecule has 1 aromatic carbocycles. The maximum atomic E-state index is 12.3. The minimum absolute atomic E-state index is 0.184. The van der Waals surface area contributed by atoms with Crippen LogP contribution in [0.15, 0.2) is 57.1 Å². The summed E-state index contributed by atoms with van der Waals surface area (Å²) in [5.41, 5.74) is 4.77. The number of morpholine rings is 1. The number of allylic oxidation sites excluding steroid dienone is 2. The van der Waals surface area contributed by atoms with Gasteiger partial charge in [0.1, 0.15) is 5.69 Å². The monoisotopic (exact) mass is 409 g/mol. The zero-order chi connectivity index (χ0) is 20.2. The Balaban J connectivity index is 1.75. The molecule has 8 heteroatoms. The Bertz CT molecular complexity index is 1090. The molecule has 0 amide bonds. The van der Waals surface area contributed by atoms with Gasteiger partial charge in [-0.25, -0.2) is 0 Å². The molecule has 29 heavy (non-hydrogen) atoms. The molecule has 0 atom stereocenters. The first-order valence-corrected chi connectivity index (χ1v) is 10.1. The van der Waals surface area contributed by atoms with Crippen molar-refractivity contribution in [3.05, 3.63) is 73.6 Å². The van der Waals surface area contributed by atoms with Crippen LogP contribution in [0.2, 0.25) is 0 Å². The second-order valence-electron chi connectivity index (χ2n) is 7.03. The number of aromatic nitrogens is 3. The van der Waals surface area contributed by atoms with Gasteiger partial charge in [0.05, 0.1) is 19.4 Å². The molecule has 150 valence electrons. The van der Waals surface area contributed by atoms with Crippen molar-refractivity contribution in [2.75, 3.05) is 26.3 Å². The number of hydrogen-bond acceptors (Lipinski definition) is 6. The van der Waals surface area contributed by atoms with Gasteiger partial charge < -0.3 is 9.64 Å². The maximum absolute atomic E-state index is 12.3. The Hall–Kier alpha value is -2.84. The maximum Gasteiger partial charge on any atom is 0.296 e. The van der Waals surface area contributed by atoms with E-state index >= 15 is 0 Å². The van der Waals surface area contributed by atoms with Crippen LogP contribution in [0.1, 0.15) is 24.1 Å². The van der Waals surface area contributed by atoms with E-state index in [1.54, 1.807) is 13.1 Å². The Labute approximate surface area is 174 Å². The van der Waals surface area contributed by atoms with Crippen molar-refractivity contribution < 1.29 is 4.74 Å². The summed E-state index contributed by atoms with van der Waals surface area (Å²) in [4.78, 5) is 14.7. The molecule has 4 rings (SSSR count). The van der Waals surface area contributed by atoms with Crippen molar-refractivity contribution in [3.63, 3.8) is 0 Å². The van der Waals surface area contributed by atoms with Crippen LogP contribution in [0.3, 0.4) is 0 Å². The molecule has 0 unspecified atom stereocenters. The van der Waals surface area contributed by atoms with Crippen molar-refractivity contribution in [2.45, 2.75) is 19.8 Å². The predicted molar refractivity (Wildman–Crippen MR) is 115 cm³/mol. The standard InChI is InChI=1S/C21H23N5O2S/c1-15-20(27)26(21(29)24-23-15)22-14-18-8-7-17(13-16-5-3-2-4-6-16)19(18)25-9-11-28-12-10-25/h2-6,13-14H,7-12H2,1H3,(H,24,29)/b17-13?,22-14-. The van der Waals surface area contributed by atoms with E-state index < -0.39 is 0 Å². The smallest absolute Gasteiger partial charge is 0.296 e. The molecule has 0 saturated carbocycles. The summed E-state index contributed by atoms with van der Waals surface area (Å²) < 4.78 is 6.91. The molecule has 1 saturated heterocycles. The highest BCUT2D eigenvalue weighted by molar-refractivity contribution is 7.71. The Kier molecular flexibility index (Phi) is 5.82. The van der Waals surface area contributed by atoms with Crippen LogP contribution in [-0.2, 0) is 4.74 Å². The molecule has 0 bridgehead atoms. The van der Waals surface area contributed by atoms with Crippen LogP contribution in [0.5, 0.6) is 0 Å². The topological polar surface area (TPSA) is 75.5 Å². The lowest BCUT2D eigenvalue weighted by atomic mass is 10.1. The first kappa shape index (κ1) is 19.5. The van der Waals surface area contributed by atoms with Gasteiger partial charge in [0.2, 0.25) is 4.77 Å². The Morgan fingerprint density at radius 3 is 2.72 bits per heavy atom. The number of ether oxygens (including phenoxy) is 1. The lowest BCUT2D eigenvalue weighted by Crippen LogP contribution is -2.36. The third-order valence-corrected chi connectivity index (χ3v) is 5.35. The van der Waals surface area contributed by atoms with Gasteiger partial charge in [0, 0.05) is 18.8 Å². The van der Waals surface area contributed by atoms with Crippen LogP contribution in [-0.4, -0.2) is 52.3 Å². The average Bonchev–Trinajstić information content (AvgIpc) is 3.14. The molecule has 7 nitrogen and oxygen atoms in total. The van der Waals surface area contributed by atoms with E-state index in [9.17, 15) is 4.79 Å². The van der Waals surface area contributed by atoms with E-state index in [1.165, 1.54) is 21.5 Å². The quantitative estimate of drug-likeness (QED) is 0.621. The number of nitrogens with one attached hydrogen (secondary N) is 1. The summed E-state index contributed by atoms with van der Waals surface area (Å²) in [5, 5.41) is 10.9. The van der Waals surface area contributed by atoms with E-state index in [-0.39, 0.29) is 10.3 Å². The highest BCUT2D eigenvalue weighted by Crippen LogP contribution is 2.35. The fourth-order valence-corrected chi connectivity index (χ4v) is 3.80. The Morgan fingerprint density at radius 2 is 1.97 bits per heavy atom. The van der Waals surface area contributed by atoms with Crippen molar-refractivity contribution in [1.29, 1.82) is 0 Å². The van der Waals surface area contributed by atoms with E-state index in [2.05, 4.69) is 38.4 Å². The molecule has 1 aliphatic carbocycles. The van der Waals surface area contributed by atoms with Crippen molar-refractivity contribution in [2.24, 2.45) is 5.10 Å². The number of hydrogen-bond donors (Lipinski definition) is 1. The van der Waals surface area contributed by atoms with Gasteiger partial charge in [0.15, 0.2) is 0 Å². The SMILES string of the molecule is Cc1n[nH]c(=S)n(/N=C\C2=C(N3CCOCC3)C(=Cc3ccccc3)CC2)c1=O. The lowest BCUT2D eigenvalue weighted by Gasteiger charge is -2.31. The molecule has 0 spiro atoms. The zero-order valence-electron chi connectivity index (χ0n) is 16.3. The van der Waals surface area contributed by atoms with E-state index in [1.807, 2.05) is 18.2 Å². The van der Waals surface area contributed by atoms with Gasteiger partial charge >= 0.3 is 0 Å². The van der Waals surface area contributed by atoms with Gasteiger partial charge in [0.25, 0.3) is 5.56 Å². The fraction of sp³-hybridized carbons (Fsp3) is 0.333. The van der Waals surface area contributed by atoms with Gasteiger partial charge in [-0.2, -0.15) is 14.9 Å². The average molecular weight is 410 g/mol. The summed E-state index contributed by atoms with van der Waals surface area (Å²) in [7, 11) is 0. The number of nitrogens with zero attached hydrogens (tertiary/aromatic N) is 4. The van der Waals surface area contributed by atoms with Gasteiger partial charge in [-0.15, -0.1) is 0 Å². The van der Waals surface area contributed by atoms with Gasteiger partial charge in [-0.3, -0.25) is 9.89 Å². The highest BCUT2D eigenvalue weighted by atomic mass is 32.1. The van der Waals surface area contributed by atoms with Crippen LogP contribution in [0.4, 0.5) is 0 Å². The molecular formula is C21H23N5O2S. The number of benzene rings is 1. The number of aromatic amines is 1. The van der Waals surface area contributed by atoms with E-state index in [4.69, 9.17) is 17.0 Å². The lowest BCUT2D eigenvalue weighted by molar-refractivity contribution is 0.0548. The number of rotatable bonds is 4. The molecular weight excluding hydrogens is 386 g/mol. The zero-order valence-corrected chi connectivity index (χ0v) is 17.1. The van der Waals surface area contributed by atoms with E-state index in [0.717, 1.165) is 31.5 Å². The van der Waals surface area contributed by atoms with Crippen LogP contribution < -0.4 is 5.56 Å². The first-order valence-electron chi connectivity index (χ1n) is 9.68. The largest absolute Gasteiger partial charge is 0.378 e. The molecule has 2 aliphatic rings.